The summed E-state index contributed by atoms with van der Waals surface area (Å²) in [6.45, 7) is 2.28. The third kappa shape index (κ3) is 3.05. The Morgan fingerprint density at radius 3 is 2.88 bits per heavy atom. The van der Waals surface area contributed by atoms with Gasteiger partial charge in [-0.2, -0.15) is 0 Å². The van der Waals surface area contributed by atoms with Gasteiger partial charge in [0.05, 0.1) is 0 Å². The Morgan fingerprint density at radius 2 is 2.24 bits per heavy atom. The number of nitrogens with zero attached hydrogens (tertiary/aromatic N) is 1. The Balaban J connectivity index is 1.99. The lowest BCUT2D eigenvalue weighted by molar-refractivity contribution is 0.0950. The smallest absolute Gasteiger partial charge is 0.280 e. The molecule has 2 aromatic rings. The molecule has 0 unspecified atom stereocenters. The minimum absolute atomic E-state index is 0.164. The van der Waals surface area contributed by atoms with Crippen LogP contribution in [0.1, 0.15) is 21.1 Å². The van der Waals surface area contributed by atoms with Crippen molar-refractivity contribution in [2.24, 2.45) is 0 Å². The average molecular weight is 267 g/mol. The van der Waals surface area contributed by atoms with Gasteiger partial charge < -0.3 is 5.32 Å². The van der Waals surface area contributed by atoms with Crippen LogP contribution in [0.4, 0.5) is 0 Å². The van der Waals surface area contributed by atoms with Crippen LogP contribution >= 0.6 is 22.9 Å². The molecule has 1 heterocycles. The van der Waals surface area contributed by atoms with Crippen molar-refractivity contribution in [3.8, 4) is 0 Å². The Bertz CT molecular complexity index is 539. The normalized spacial score (nSPS) is 10.2. The van der Waals surface area contributed by atoms with Crippen molar-refractivity contribution in [3.05, 3.63) is 50.9 Å². The van der Waals surface area contributed by atoms with Gasteiger partial charge in [-0.25, -0.2) is 4.98 Å². The maximum atomic E-state index is 11.7. The molecule has 1 amide bonds. The molecule has 5 heteroatoms. The number of thiazole rings is 1. The van der Waals surface area contributed by atoms with Crippen LogP contribution in [-0.4, -0.2) is 10.9 Å². The van der Waals surface area contributed by atoms with Gasteiger partial charge in [-0.1, -0.05) is 29.8 Å². The second-order valence-corrected chi connectivity index (χ2v) is 4.83. The van der Waals surface area contributed by atoms with Crippen LogP contribution < -0.4 is 5.32 Å². The summed E-state index contributed by atoms with van der Waals surface area (Å²) in [6, 6.07) is 7.44. The molecule has 3 nitrogen and oxygen atoms in total. The molecule has 1 aromatic heterocycles. The van der Waals surface area contributed by atoms with Gasteiger partial charge >= 0.3 is 0 Å². The molecule has 0 radical (unpaired) electrons. The Hall–Kier alpha value is -1.39. The predicted molar refractivity (Wildman–Crippen MR) is 69.5 cm³/mol. The predicted octanol–water partition coefficient (Wildman–Crippen LogP) is 3.03. The fourth-order valence-electron chi connectivity index (χ4n) is 1.35. The van der Waals surface area contributed by atoms with E-state index in [1.54, 1.807) is 6.07 Å². The van der Waals surface area contributed by atoms with Gasteiger partial charge in [-0.3, -0.25) is 4.79 Å². The van der Waals surface area contributed by atoms with Crippen molar-refractivity contribution in [2.75, 3.05) is 0 Å². The monoisotopic (exact) mass is 266 g/mol. The van der Waals surface area contributed by atoms with Crippen molar-refractivity contribution >= 4 is 28.8 Å². The summed E-state index contributed by atoms with van der Waals surface area (Å²) in [6.07, 6.45) is 0. The summed E-state index contributed by atoms with van der Waals surface area (Å²) in [4.78, 5) is 15.9. The largest absolute Gasteiger partial charge is 0.346 e. The molecular formula is C12H11ClN2OS. The maximum Gasteiger partial charge on any atom is 0.280 e. The van der Waals surface area contributed by atoms with E-state index < -0.39 is 0 Å². The number of carbonyl (C=O) groups excluding carboxylic acids is 1. The zero-order valence-electron chi connectivity index (χ0n) is 9.24. The van der Waals surface area contributed by atoms with Crippen LogP contribution in [0.5, 0.6) is 0 Å². The second-order valence-electron chi connectivity index (χ2n) is 3.57. The zero-order valence-corrected chi connectivity index (χ0v) is 10.8. The fourth-order valence-corrected chi connectivity index (χ4v) is 2.26. The molecule has 0 aliphatic carbocycles. The summed E-state index contributed by atoms with van der Waals surface area (Å²) >= 11 is 7.33. The summed E-state index contributed by atoms with van der Waals surface area (Å²) in [5.74, 6) is -0.164. The SMILES string of the molecule is Cc1csc(C(=O)NCc2ccccc2Cl)n1. The summed E-state index contributed by atoms with van der Waals surface area (Å²) < 4.78 is 0. The number of aromatic nitrogens is 1. The van der Waals surface area contributed by atoms with E-state index >= 15 is 0 Å². The Labute approximate surface area is 108 Å². The van der Waals surface area contributed by atoms with E-state index in [0.29, 0.717) is 16.6 Å². The number of benzene rings is 1. The van der Waals surface area contributed by atoms with Crippen molar-refractivity contribution < 1.29 is 4.79 Å². The standard InChI is InChI=1S/C12H11ClN2OS/c1-8-7-17-12(15-8)11(16)14-6-9-4-2-3-5-10(9)13/h2-5,7H,6H2,1H3,(H,14,16). The highest BCUT2D eigenvalue weighted by Crippen LogP contribution is 2.15. The van der Waals surface area contributed by atoms with Crippen molar-refractivity contribution in [2.45, 2.75) is 13.5 Å². The molecule has 88 valence electrons. The van der Waals surface area contributed by atoms with Crippen molar-refractivity contribution in [1.82, 2.24) is 10.3 Å². The number of aryl methyl sites for hydroxylation is 1. The summed E-state index contributed by atoms with van der Waals surface area (Å²) in [5, 5.41) is 5.78. The average Bonchev–Trinajstić information content (AvgIpc) is 2.74. The van der Waals surface area contributed by atoms with Gasteiger partial charge in [-0.15, -0.1) is 11.3 Å². The van der Waals surface area contributed by atoms with E-state index in [4.69, 9.17) is 11.6 Å². The second kappa shape index (κ2) is 5.29. The van der Waals surface area contributed by atoms with Gasteiger partial charge in [-0.05, 0) is 18.6 Å². The number of hydrogen-bond acceptors (Lipinski definition) is 3. The zero-order chi connectivity index (χ0) is 12.3. The van der Waals surface area contributed by atoms with Crippen LogP contribution in [0, 0.1) is 6.92 Å². The van der Waals surface area contributed by atoms with E-state index in [-0.39, 0.29) is 5.91 Å². The number of hydrogen-bond donors (Lipinski definition) is 1. The van der Waals surface area contributed by atoms with Gasteiger partial charge in [0.25, 0.3) is 5.91 Å². The van der Waals surface area contributed by atoms with E-state index in [1.165, 1.54) is 11.3 Å². The highest BCUT2D eigenvalue weighted by atomic mass is 35.5. The lowest BCUT2D eigenvalue weighted by atomic mass is 10.2. The number of nitrogens with one attached hydrogen (secondary N) is 1. The molecule has 0 bridgehead atoms. The van der Waals surface area contributed by atoms with Crippen LogP contribution in [0.3, 0.4) is 0 Å². The molecule has 0 fully saturated rings. The molecule has 2 rings (SSSR count). The summed E-state index contributed by atoms with van der Waals surface area (Å²) in [5.41, 5.74) is 1.76. The fraction of sp³-hybridized carbons (Fsp3) is 0.167. The molecule has 0 aliphatic heterocycles. The molecule has 0 saturated heterocycles. The Morgan fingerprint density at radius 1 is 1.47 bits per heavy atom. The van der Waals surface area contributed by atoms with Crippen molar-refractivity contribution in [3.63, 3.8) is 0 Å². The third-order valence-electron chi connectivity index (χ3n) is 2.21. The minimum Gasteiger partial charge on any atom is -0.346 e. The molecule has 1 N–H and O–H groups in total. The molecule has 0 atom stereocenters. The van der Waals surface area contributed by atoms with Gasteiger partial charge in [0, 0.05) is 22.6 Å². The van der Waals surface area contributed by atoms with Gasteiger partial charge in [0.15, 0.2) is 5.01 Å². The maximum absolute atomic E-state index is 11.7. The molecule has 1 aromatic carbocycles. The number of halogens is 1. The first-order chi connectivity index (χ1) is 8.16. The number of rotatable bonds is 3. The number of amides is 1. The van der Waals surface area contributed by atoms with Gasteiger partial charge in [0.1, 0.15) is 0 Å². The third-order valence-corrected chi connectivity index (χ3v) is 3.54. The first-order valence-corrected chi connectivity index (χ1v) is 6.36. The van der Waals surface area contributed by atoms with Crippen LogP contribution in [0.15, 0.2) is 29.6 Å². The highest BCUT2D eigenvalue weighted by molar-refractivity contribution is 7.11. The molecule has 0 saturated carbocycles. The first-order valence-electron chi connectivity index (χ1n) is 5.10. The number of carbonyl (C=O) groups is 1. The first kappa shape index (κ1) is 12.1. The van der Waals surface area contributed by atoms with E-state index in [1.807, 2.05) is 30.5 Å². The molecule has 0 spiro atoms. The van der Waals surface area contributed by atoms with Crippen LogP contribution in [0.25, 0.3) is 0 Å². The van der Waals surface area contributed by atoms with Crippen molar-refractivity contribution in [1.29, 1.82) is 0 Å². The lowest BCUT2D eigenvalue weighted by Crippen LogP contribution is -2.22. The Kier molecular flexibility index (Phi) is 3.76. The molecular weight excluding hydrogens is 256 g/mol. The van der Waals surface area contributed by atoms with Gasteiger partial charge in [0.2, 0.25) is 0 Å². The molecule has 0 aliphatic rings. The van der Waals surface area contributed by atoms with Crippen LogP contribution in [0.2, 0.25) is 5.02 Å². The minimum atomic E-state index is -0.164. The van der Waals surface area contributed by atoms with Crippen LogP contribution in [-0.2, 0) is 6.54 Å². The molecule has 17 heavy (non-hydrogen) atoms. The van der Waals surface area contributed by atoms with E-state index in [0.717, 1.165) is 11.3 Å². The quantitative estimate of drug-likeness (QED) is 0.928. The highest BCUT2D eigenvalue weighted by Gasteiger charge is 2.09. The summed E-state index contributed by atoms with van der Waals surface area (Å²) in [7, 11) is 0. The van der Waals surface area contributed by atoms with E-state index in [2.05, 4.69) is 10.3 Å². The lowest BCUT2D eigenvalue weighted by Gasteiger charge is -2.04. The van der Waals surface area contributed by atoms with E-state index in [9.17, 15) is 4.79 Å². The topological polar surface area (TPSA) is 42.0 Å².